The summed E-state index contributed by atoms with van der Waals surface area (Å²) in [5.74, 6) is -1.50. The SMILES string of the molecule is CC(=O)C(Cl)c1ccc(C(O)C(=O)O)cc1CCl. The Morgan fingerprint density at radius 3 is 2.44 bits per heavy atom. The molecule has 0 saturated heterocycles. The van der Waals surface area contributed by atoms with Gasteiger partial charge in [0, 0.05) is 5.88 Å². The van der Waals surface area contributed by atoms with Crippen LogP contribution in [0.3, 0.4) is 0 Å². The number of aliphatic carboxylic acids is 1. The minimum atomic E-state index is -1.62. The molecule has 0 bridgehead atoms. The van der Waals surface area contributed by atoms with Gasteiger partial charge in [0.25, 0.3) is 0 Å². The lowest BCUT2D eigenvalue weighted by atomic mass is 9.98. The normalized spacial score (nSPS) is 14.0. The largest absolute Gasteiger partial charge is 0.479 e. The van der Waals surface area contributed by atoms with E-state index in [9.17, 15) is 14.7 Å². The van der Waals surface area contributed by atoms with E-state index in [1.54, 1.807) is 0 Å². The van der Waals surface area contributed by atoms with E-state index in [4.69, 9.17) is 28.3 Å². The first-order valence-corrected chi connectivity index (χ1v) is 6.09. The summed E-state index contributed by atoms with van der Waals surface area (Å²) in [5.41, 5.74) is 1.26. The summed E-state index contributed by atoms with van der Waals surface area (Å²) < 4.78 is 0. The van der Waals surface area contributed by atoms with Gasteiger partial charge < -0.3 is 10.2 Å². The van der Waals surface area contributed by atoms with Crippen LogP contribution in [0.1, 0.15) is 35.1 Å². The molecule has 6 heteroatoms. The molecule has 2 unspecified atom stereocenters. The number of alkyl halides is 2. The van der Waals surface area contributed by atoms with Gasteiger partial charge in [-0.1, -0.05) is 18.2 Å². The van der Waals surface area contributed by atoms with Gasteiger partial charge in [0.2, 0.25) is 0 Å². The van der Waals surface area contributed by atoms with Gasteiger partial charge in [-0.25, -0.2) is 4.79 Å². The molecule has 2 N–H and O–H groups in total. The maximum absolute atomic E-state index is 11.2. The lowest BCUT2D eigenvalue weighted by molar-refractivity contribution is -0.147. The summed E-state index contributed by atoms with van der Waals surface area (Å²) in [6.07, 6.45) is -1.62. The standard InChI is InChI=1S/C12H12Cl2O4/c1-6(15)10(14)9-3-2-7(4-8(9)5-13)11(16)12(17)18/h2-4,10-11,16H,5H2,1H3,(H,17,18). The van der Waals surface area contributed by atoms with Gasteiger partial charge in [0.05, 0.1) is 0 Å². The van der Waals surface area contributed by atoms with Crippen molar-refractivity contribution in [3.05, 3.63) is 34.9 Å². The van der Waals surface area contributed by atoms with E-state index in [1.165, 1.54) is 25.1 Å². The molecule has 4 nitrogen and oxygen atoms in total. The van der Waals surface area contributed by atoms with Gasteiger partial charge in [-0.15, -0.1) is 23.2 Å². The van der Waals surface area contributed by atoms with Gasteiger partial charge in [-0.05, 0) is 23.6 Å². The average Bonchev–Trinajstić information content (AvgIpc) is 2.35. The maximum atomic E-state index is 11.2. The van der Waals surface area contributed by atoms with Crippen molar-refractivity contribution in [2.45, 2.75) is 24.3 Å². The fourth-order valence-electron chi connectivity index (χ4n) is 1.52. The number of hydrogen-bond acceptors (Lipinski definition) is 3. The lowest BCUT2D eigenvalue weighted by Gasteiger charge is -2.14. The molecule has 18 heavy (non-hydrogen) atoms. The molecule has 0 radical (unpaired) electrons. The molecular formula is C12H12Cl2O4. The van der Waals surface area contributed by atoms with Crippen LogP contribution in [0.25, 0.3) is 0 Å². The quantitative estimate of drug-likeness (QED) is 0.817. The van der Waals surface area contributed by atoms with E-state index < -0.39 is 17.5 Å². The van der Waals surface area contributed by atoms with Gasteiger partial charge in [-0.2, -0.15) is 0 Å². The second-order valence-corrected chi connectivity index (χ2v) is 4.51. The van der Waals surface area contributed by atoms with Crippen molar-refractivity contribution < 1.29 is 19.8 Å². The first-order valence-electron chi connectivity index (χ1n) is 5.12. The molecule has 0 aliphatic heterocycles. The predicted molar refractivity (Wildman–Crippen MR) is 67.9 cm³/mol. The van der Waals surface area contributed by atoms with Gasteiger partial charge in [-0.3, -0.25) is 4.79 Å². The van der Waals surface area contributed by atoms with Crippen molar-refractivity contribution in [2.24, 2.45) is 0 Å². The molecule has 0 aromatic heterocycles. The third-order valence-electron chi connectivity index (χ3n) is 2.49. The Morgan fingerprint density at radius 1 is 1.39 bits per heavy atom. The zero-order chi connectivity index (χ0) is 13.9. The van der Waals surface area contributed by atoms with Crippen molar-refractivity contribution in [1.29, 1.82) is 0 Å². The molecule has 0 aliphatic carbocycles. The lowest BCUT2D eigenvalue weighted by Crippen LogP contribution is -2.12. The number of hydrogen-bond donors (Lipinski definition) is 2. The number of benzene rings is 1. The second-order valence-electron chi connectivity index (χ2n) is 3.81. The van der Waals surface area contributed by atoms with Crippen LogP contribution in [-0.2, 0) is 15.5 Å². The summed E-state index contributed by atoms with van der Waals surface area (Å²) in [7, 11) is 0. The number of carboxylic acids is 1. The third kappa shape index (κ3) is 3.22. The third-order valence-corrected chi connectivity index (χ3v) is 3.32. The highest BCUT2D eigenvalue weighted by molar-refractivity contribution is 6.31. The van der Waals surface area contributed by atoms with E-state index in [0.717, 1.165) is 0 Å². The number of carbonyl (C=O) groups is 2. The molecule has 1 aromatic carbocycles. The Bertz CT molecular complexity index is 473. The number of halogens is 2. The Labute approximate surface area is 114 Å². The minimum absolute atomic E-state index is 0.0754. The van der Waals surface area contributed by atoms with Crippen LogP contribution in [0.15, 0.2) is 18.2 Å². The molecule has 0 spiro atoms. The van der Waals surface area contributed by atoms with Crippen LogP contribution in [0.5, 0.6) is 0 Å². The van der Waals surface area contributed by atoms with Gasteiger partial charge >= 0.3 is 5.97 Å². The zero-order valence-electron chi connectivity index (χ0n) is 9.56. The van der Waals surface area contributed by atoms with E-state index >= 15 is 0 Å². The van der Waals surface area contributed by atoms with E-state index in [2.05, 4.69) is 0 Å². The number of carbonyl (C=O) groups excluding carboxylic acids is 1. The van der Waals surface area contributed by atoms with Crippen LogP contribution >= 0.6 is 23.2 Å². The molecule has 0 amide bonds. The summed E-state index contributed by atoms with van der Waals surface area (Å²) in [6, 6.07) is 4.38. The molecule has 1 aromatic rings. The highest BCUT2D eigenvalue weighted by Gasteiger charge is 2.21. The molecule has 98 valence electrons. The van der Waals surface area contributed by atoms with Crippen LogP contribution in [0.4, 0.5) is 0 Å². The highest BCUT2D eigenvalue weighted by atomic mass is 35.5. The van der Waals surface area contributed by atoms with Crippen molar-refractivity contribution >= 4 is 35.0 Å². The van der Waals surface area contributed by atoms with Gasteiger partial charge in [0.15, 0.2) is 11.9 Å². The Kier molecular flexibility index (Phi) is 5.14. The molecule has 1 rings (SSSR count). The van der Waals surface area contributed by atoms with Gasteiger partial charge in [0.1, 0.15) is 5.38 Å². The maximum Gasteiger partial charge on any atom is 0.337 e. The minimum Gasteiger partial charge on any atom is -0.479 e. The Balaban J connectivity index is 3.19. The number of aliphatic hydroxyl groups excluding tert-OH is 1. The van der Waals surface area contributed by atoms with Crippen molar-refractivity contribution in [1.82, 2.24) is 0 Å². The van der Waals surface area contributed by atoms with Crippen molar-refractivity contribution in [3.8, 4) is 0 Å². The van der Waals surface area contributed by atoms with Crippen LogP contribution in [-0.4, -0.2) is 22.0 Å². The van der Waals surface area contributed by atoms with Crippen molar-refractivity contribution in [2.75, 3.05) is 0 Å². The van der Waals surface area contributed by atoms with Crippen LogP contribution in [0.2, 0.25) is 0 Å². The molecule has 0 aliphatic rings. The number of ketones is 1. The fourth-order valence-corrected chi connectivity index (χ4v) is 1.96. The molecule has 2 atom stereocenters. The van der Waals surface area contributed by atoms with Crippen LogP contribution < -0.4 is 0 Å². The topological polar surface area (TPSA) is 74.6 Å². The monoisotopic (exact) mass is 290 g/mol. The smallest absolute Gasteiger partial charge is 0.337 e. The Morgan fingerprint density at radius 2 is 2.00 bits per heavy atom. The van der Waals surface area contributed by atoms with E-state index in [0.29, 0.717) is 11.1 Å². The van der Waals surface area contributed by atoms with E-state index in [-0.39, 0.29) is 17.2 Å². The molecule has 0 heterocycles. The van der Waals surface area contributed by atoms with E-state index in [1.807, 2.05) is 0 Å². The molecular weight excluding hydrogens is 279 g/mol. The second kappa shape index (κ2) is 6.18. The fraction of sp³-hybridized carbons (Fsp3) is 0.333. The first-order chi connectivity index (χ1) is 8.38. The summed E-state index contributed by atoms with van der Waals surface area (Å²) in [5, 5.41) is 17.3. The average molecular weight is 291 g/mol. The number of Topliss-reactive ketones (excluding diaryl/α,β-unsaturated/α-hetero) is 1. The zero-order valence-corrected chi connectivity index (χ0v) is 11.1. The number of rotatable bonds is 5. The van der Waals surface area contributed by atoms with Crippen LogP contribution in [0, 0.1) is 0 Å². The number of aliphatic hydroxyl groups is 1. The summed E-state index contributed by atoms with van der Waals surface area (Å²) in [6.45, 7) is 1.36. The predicted octanol–water partition coefficient (Wildman–Crippen LogP) is 2.41. The van der Waals surface area contributed by atoms with Crippen molar-refractivity contribution in [3.63, 3.8) is 0 Å². The summed E-state index contributed by atoms with van der Waals surface area (Å²) >= 11 is 11.7. The molecule has 0 fully saturated rings. The highest BCUT2D eigenvalue weighted by Crippen LogP contribution is 2.28. The summed E-state index contributed by atoms with van der Waals surface area (Å²) in [4.78, 5) is 21.9. The number of carboxylic acid groups (broad SMARTS) is 1. The Hall–Kier alpha value is -1.10. The molecule has 0 saturated carbocycles. The first kappa shape index (κ1) is 15.0.